The van der Waals surface area contributed by atoms with Crippen molar-refractivity contribution in [3.8, 4) is 6.07 Å². The molecule has 0 aromatic heterocycles. The van der Waals surface area contributed by atoms with Crippen LogP contribution in [0, 0.1) is 11.3 Å². The molecule has 60 valence electrons. The summed E-state index contributed by atoms with van der Waals surface area (Å²) in [5.74, 6) is 0. The fourth-order valence-corrected chi connectivity index (χ4v) is 0.802. The first kappa shape index (κ1) is 8.28. The molecular formula is C9H8N2O. The van der Waals surface area contributed by atoms with Gasteiger partial charge in [-0.2, -0.15) is 5.26 Å². The molecule has 1 aromatic rings. The molecule has 0 saturated heterocycles. The second kappa shape index (κ2) is 4.14. The van der Waals surface area contributed by atoms with E-state index in [9.17, 15) is 0 Å². The Hall–Kier alpha value is -1.82. The van der Waals surface area contributed by atoms with Crippen LogP contribution in [0.3, 0.4) is 0 Å². The van der Waals surface area contributed by atoms with Gasteiger partial charge in [0.25, 0.3) is 0 Å². The van der Waals surface area contributed by atoms with Crippen LogP contribution in [0.5, 0.6) is 0 Å². The minimum atomic E-state index is 0.620. The SMILES string of the molecule is CO/N=C/c1cccc(C#N)c1. The minimum Gasteiger partial charge on any atom is -0.399 e. The van der Waals surface area contributed by atoms with Crippen LogP contribution in [0.25, 0.3) is 0 Å². The lowest BCUT2D eigenvalue weighted by atomic mass is 10.1. The van der Waals surface area contributed by atoms with Gasteiger partial charge >= 0.3 is 0 Å². The highest BCUT2D eigenvalue weighted by Crippen LogP contribution is 2.01. The number of benzene rings is 1. The molecule has 0 aliphatic carbocycles. The van der Waals surface area contributed by atoms with Crippen LogP contribution >= 0.6 is 0 Å². The van der Waals surface area contributed by atoms with Crippen molar-refractivity contribution in [1.82, 2.24) is 0 Å². The van der Waals surface area contributed by atoms with E-state index in [0.29, 0.717) is 5.56 Å². The van der Waals surface area contributed by atoms with E-state index in [1.54, 1.807) is 24.4 Å². The Balaban J connectivity index is 2.88. The largest absolute Gasteiger partial charge is 0.399 e. The summed E-state index contributed by atoms with van der Waals surface area (Å²) in [6, 6.07) is 9.17. The summed E-state index contributed by atoms with van der Waals surface area (Å²) in [6.45, 7) is 0. The lowest BCUT2D eigenvalue weighted by Crippen LogP contribution is -1.82. The Labute approximate surface area is 70.9 Å². The van der Waals surface area contributed by atoms with Crippen LogP contribution in [0.2, 0.25) is 0 Å². The number of hydrogen-bond acceptors (Lipinski definition) is 3. The van der Waals surface area contributed by atoms with Crippen molar-refractivity contribution in [3.63, 3.8) is 0 Å². The molecule has 12 heavy (non-hydrogen) atoms. The number of nitrogens with zero attached hydrogens (tertiary/aromatic N) is 2. The summed E-state index contributed by atoms with van der Waals surface area (Å²) < 4.78 is 0. The van der Waals surface area contributed by atoms with Crippen LogP contribution in [0.4, 0.5) is 0 Å². The molecule has 0 unspecified atom stereocenters. The van der Waals surface area contributed by atoms with E-state index < -0.39 is 0 Å². The van der Waals surface area contributed by atoms with Crippen LogP contribution in [-0.2, 0) is 4.84 Å². The molecule has 0 aliphatic rings. The van der Waals surface area contributed by atoms with Gasteiger partial charge in [0.2, 0.25) is 0 Å². The molecule has 0 N–H and O–H groups in total. The molecule has 0 bridgehead atoms. The van der Waals surface area contributed by atoms with Crippen LogP contribution in [0.1, 0.15) is 11.1 Å². The van der Waals surface area contributed by atoms with Crippen LogP contribution in [0.15, 0.2) is 29.4 Å². The van der Waals surface area contributed by atoms with Gasteiger partial charge in [-0.15, -0.1) is 0 Å². The van der Waals surface area contributed by atoms with Crippen molar-refractivity contribution in [1.29, 1.82) is 5.26 Å². The first-order valence-electron chi connectivity index (χ1n) is 3.43. The van der Waals surface area contributed by atoms with Crippen molar-refractivity contribution in [2.24, 2.45) is 5.16 Å². The van der Waals surface area contributed by atoms with Crippen LogP contribution in [-0.4, -0.2) is 13.3 Å². The van der Waals surface area contributed by atoms with E-state index in [1.807, 2.05) is 12.1 Å². The number of oxime groups is 1. The molecule has 0 saturated carbocycles. The van der Waals surface area contributed by atoms with Crippen LogP contribution < -0.4 is 0 Å². The molecular weight excluding hydrogens is 152 g/mol. The predicted molar refractivity (Wildman–Crippen MR) is 45.8 cm³/mol. The van der Waals surface area contributed by atoms with Crippen molar-refractivity contribution < 1.29 is 4.84 Å². The predicted octanol–water partition coefficient (Wildman–Crippen LogP) is 1.54. The number of rotatable bonds is 2. The van der Waals surface area contributed by atoms with Gasteiger partial charge in [-0.1, -0.05) is 17.3 Å². The molecule has 3 heteroatoms. The first-order valence-corrected chi connectivity index (χ1v) is 3.43. The Bertz CT molecular complexity index is 326. The second-order valence-electron chi connectivity index (χ2n) is 2.15. The molecule has 0 radical (unpaired) electrons. The molecule has 1 aromatic carbocycles. The average molecular weight is 160 g/mol. The zero-order valence-electron chi connectivity index (χ0n) is 6.69. The zero-order chi connectivity index (χ0) is 8.81. The summed E-state index contributed by atoms with van der Waals surface area (Å²) in [7, 11) is 1.48. The minimum absolute atomic E-state index is 0.620. The van der Waals surface area contributed by atoms with Gasteiger partial charge in [-0.05, 0) is 17.7 Å². The summed E-state index contributed by atoms with van der Waals surface area (Å²) >= 11 is 0. The molecule has 1 rings (SSSR count). The summed E-state index contributed by atoms with van der Waals surface area (Å²) in [5.41, 5.74) is 1.48. The monoisotopic (exact) mass is 160 g/mol. The smallest absolute Gasteiger partial charge is 0.106 e. The quantitative estimate of drug-likeness (QED) is 0.486. The van der Waals surface area contributed by atoms with E-state index in [-0.39, 0.29) is 0 Å². The second-order valence-corrected chi connectivity index (χ2v) is 2.15. The van der Waals surface area contributed by atoms with Gasteiger partial charge in [0, 0.05) is 0 Å². The van der Waals surface area contributed by atoms with E-state index in [1.165, 1.54) is 7.11 Å². The molecule has 0 aliphatic heterocycles. The van der Waals surface area contributed by atoms with Crippen molar-refractivity contribution in [3.05, 3.63) is 35.4 Å². The van der Waals surface area contributed by atoms with Crippen molar-refractivity contribution in [2.75, 3.05) is 7.11 Å². The first-order chi connectivity index (χ1) is 5.86. The summed E-state index contributed by atoms with van der Waals surface area (Å²) in [4.78, 5) is 4.51. The maximum atomic E-state index is 8.56. The summed E-state index contributed by atoms with van der Waals surface area (Å²) in [5, 5.41) is 12.1. The Morgan fingerprint density at radius 1 is 1.58 bits per heavy atom. The fourth-order valence-electron chi connectivity index (χ4n) is 0.802. The third-order valence-electron chi connectivity index (χ3n) is 1.32. The van der Waals surface area contributed by atoms with Gasteiger partial charge in [0.1, 0.15) is 7.11 Å². The third kappa shape index (κ3) is 2.10. The van der Waals surface area contributed by atoms with E-state index >= 15 is 0 Å². The van der Waals surface area contributed by atoms with Gasteiger partial charge in [-0.3, -0.25) is 0 Å². The molecule has 0 heterocycles. The van der Waals surface area contributed by atoms with Crippen molar-refractivity contribution in [2.45, 2.75) is 0 Å². The Morgan fingerprint density at radius 2 is 2.42 bits per heavy atom. The van der Waals surface area contributed by atoms with E-state index in [0.717, 1.165) is 5.56 Å². The molecule has 3 nitrogen and oxygen atoms in total. The number of nitriles is 1. The van der Waals surface area contributed by atoms with Gasteiger partial charge < -0.3 is 4.84 Å². The Morgan fingerprint density at radius 3 is 3.08 bits per heavy atom. The molecule has 0 spiro atoms. The summed E-state index contributed by atoms with van der Waals surface area (Å²) in [6.07, 6.45) is 1.56. The molecule has 0 atom stereocenters. The highest BCUT2D eigenvalue weighted by Gasteiger charge is 1.90. The Kier molecular flexibility index (Phi) is 2.86. The van der Waals surface area contributed by atoms with E-state index in [2.05, 4.69) is 9.99 Å². The lowest BCUT2D eigenvalue weighted by molar-refractivity contribution is 0.215. The van der Waals surface area contributed by atoms with Crippen molar-refractivity contribution >= 4 is 6.21 Å². The highest BCUT2D eigenvalue weighted by atomic mass is 16.6. The normalized spacial score (nSPS) is 9.67. The topological polar surface area (TPSA) is 45.4 Å². The molecule has 0 fully saturated rings. The van der Waals surface area contributed by atoms with Gasteiger partial charge in [-0.25, -0.2) is 0 Å². The standard InChI is InChI=1S/C9H8N2O/c1-12-11-7-9-4-2-3-8(5-9)6-10/h2-5,7H,1H3/b11-7+. The maximum Gasteiger partial charge on any atom is 0.106 e. The zero-order valence-corrected chi connectivity index (χ0v) is 6.69. The molecule has 0 amide bonds. The average Bonchev–Trinajstić information content (AvgIpc) is 2.15. The van der Waals surface area contributed by atoms with Gasteiger partial charge in [0.15, 0.2) is 0 Å². The van der Waals surface area contributed by atoms with E-state index in [4.69, 9.17) is 5.26 Å². The highest BCUT2D eigenvalue weighted by molar-refractivity contribution is 5.79. The number of hydrogen-bond donors (Lipinski definition) is 0. The maximum absolute atomic E-state index is 8.56. The third-order valence-corrected chi connectivity index (χ3v) is 1.32. The fraction of sp³-hybridized carbons (Fsp3) is 0.111. The van der Waals surface area contributed by atoms with Gasteiger partial charge in [0.05, 0.1) is 17.8 Å². The lowest BCUT2D eigenvalue weighted by Gasteiger charge is -1.91.